The molecule has 2 amide bonds. The fourth-order valence-electron chi connectivity index (χ4n) is 3.42. The van der Waals surface area contributed by atoms with Gasteiger partial charge in [0.2, 0.25) is 5.91 Å². The molecule has 2 heterocycles. The van der Waals surface area contributed by atoms with Crippen LogP contribution in [0.1, 0.15) is 40.0 Å². The zero-order valence-corrected chi connectivity index (χ0v) is 19.5. The van der Waals surface area contributed by atoms with Crippen LogP contribution in [0.2, 0.25) is 0 Å². The van der Waals surface area contributed by atoms with Crippen molar-refractivity contribution in [2.75, 3.05) is 46.8 Å². The second kappa shape index (κ2) is 10.9. The van der Waals surface area contributed by atoms with Crippen molar-refractivity contribution in [2.45, 2.75) is 61.7 Å². The molecule has 0 radical (unpaired) electrons. The van der Waals surface area contributed by atoms with Crippen molar-refractivity contribution in [1.82, 2.24) is 9.80 Å². The zero-order valence-electron chi connectivity index (χ0n) is 17.3. The Kier molecular flexibility index (Phi) is 9.23. The summed E-state index contributed by atoms with van der Waals surface area (Å²) in [6.45, 7) is 8.29. The first-order valence-corrected chi connectivity index (χ1v) is 11.1. The summed E-state index contributed by atoms with van der Waals surface area (Å²) in [5, 5.41) is 0. The molecule has 2 aliphatic heterocycles. The van der Waals surface area contributed by atoms with Crippen molar-refractivity contribution in [2.24, 2.45) is 0 Å². The minimum Gasteiger partial charge on any atom is -0.444 e. The lowest BCUT2D eigenvalue weighted by atomic mass is 9.97. The van der Waals surface area contributed by atoms with Gasteiger partial charge in [-0.2, -0.15) is 0 Å². The highest BCUT2D eigenvalue weighted by Crippen LogP contribution is 2.27. The van der Waals surface area contributed by atoms with Gasteiger partial charge >= 0.3 is 6.09 Å². The van der Waals surface area contributed by atoms with Gasteiger partial charge in [-0.1, -0.05) is 22.6 Å². The number of ether oxygens (including phenoxy) is 4. The highest BCUT2D eigenvalue weighted by Gasteiger charge is 2.41. The number of likely N-dealkylation sites (tertiary alicyclic amines) is 2. The molecule has 0 aromatic rings. The maximum absolute atomic E-state index is 12.8. The third kappa shape index (κ3) is 7.00. The van der Waals surface area contributed by atoms with Crippen molar-refractivity contribution in [1.29, 1.82) is 0 Å². The number of hydrogen-bond acceptors (Lipinski definition) is 6. The van der Waals surface area contributed by atoms with Gasteiger partial charge in [0, 0.05) is 26.7 Å². The minimum absolute atomic E-state index is 0.0261. The van der Waals surface area contributed by atoms with Crippen molar-refractivity contribution < 1.29 is 28.5 Å². The number of amides is 2. The second-order valence-electron chi connectivity index (χ2n) is 8.15. The Morgan fingerprint density at radius 3 is 2.64 bits per heavy atom. The van der Waals surface area contributed by atoms with E-state index in [1.54, 1.807) is 12.0 Å². The van der Waals surface area contributed by atoms with Gasteiger partial charge in [-0.25, -0.2) is 4.79 Å². The van der Waals surface area contributed by atoms with Crippen LogP contribution in [0.15, 0.2) is 0 Å². The van der Waals surface area contributed by atoms with E-state index >= 15 is 0 Å². The van der Waals surface area contributed by atoms with E-state index in [0.717, 1.165) is 12.8 Å². The topological polar surface area (TPSA) is 77.5 Å². The van der Waals surface area contributed by atoms with Gasteiger partial charge < -0.3 is 28.7 Å². The van der Waals surface area contributed by atoms with Gasteiger partial charge in [-0.15, -0.1) is 0 Å². The van der Waals surface area contributed by atoms with Gasteiger partial charge in [0.1, 0.15) is 12.4 Å². The van der Waals surface area contributed by atoms with Gasteiger partial charge in [-0.3, -0.25) is 4.79 Å². The number of hydrogen-bond donors (Lipinski definition) is 0. The molecule has 0 spiro atoms. The number of rotatable bonds is 7. The van der Waals surface area contributed by atoms with E-state index in [1.165, 1.54) is 0 Å². The molecule has 3 atom stereocenters. The molecule has 0 N–H and O–H groups in total. The summed E-state index contributed by atoms with van der Waals surface area (Å²) in [4.78, 5) is 28.9. The summed E-state index contributed by atoms with van der Waals surface area (Å²) in [6.07, 6.45) is 1.96. The Bertz CT molecular complexity index is 527. The molecule has 0 aromatic heterocycles. The predicted octanol–water partition coefficient (Wildman–Crippen LogP) is 2.43. The molecule has 0 bridgehead atoms. The number of methoxy groups -OCH3 is 1. The van der Waals surface area contributed by atoms with Crippen LogP contribution in [0.25, 0.3) is 0 Å². The fraction of sp³-hybridized carbons (Fsp3) is 0.895. The third-order valence-corrected chi connectivity index (χ3v) is 5.93. The van der Waals surface area contributed by atoms with Crippen LogP contribution < -0.4 is 0 Å². The summed E-state index contributed by atoms with van der Waals surface area (Å²) in [7, 11) is 1.62. The first-order chi connectivity index (χ1) is 13.2. The lowest BCUT2D eigenvalue weighted by Crippen LogP contribution is -2.61. The summed E-state index contributed by atoms with van der Waals surface area (Å²) in [6, 6.07) is -0.197. The van der Waals surface area contributed by atoms with Crippen molar-refractivity contribution in [3.8, 4) is 0 Å². The van der Waals surface area contributed by atoms with Crippen LogP contribution in [-0.4, -0.2) is 90.2 Å². The lowest BCUT2D eigenvalue weighted by Gasteiger charge is -2.45. The van der Waals surface area contributed by atoms with E-state index in [-0.39, 0.29) is 34.9 Å². The smallest absolute Gasteiger partial charge is 0.410 e. The molecule has 162 valence electrons. The van der Waals surface area contributed by atoms with Crippen LogP contribution in [-0.2, 0) is 23.7 Å². The normalized spacial score (nSPS) is 26.5. The molecule has 8 nitrogen and oxygen atoms in total. The molecule has 9 heteroatoms. The second-order valence-corrected chi connectivity index (χ2v) is 9.65. The molecule has 2 saturated heterocycles. The summed E-state index contributed by atoms with van der Waals surface area (Å²) >= 11 is 2.21. The number of halogens is 1. The molecular formula is C19H33IN2O6. The van der Waals surface area contributed by atoms with E-state index in [4.69, 9.17) is 18.9 Å². The molecular weight excluding hydrogens is 479 g/mol. The summed E-state index contributed by atoms with van der Waals surface area (Å²) in [5.74, 6) is 0.122. The quantitative estimate of drug-likeness (QED) is 0.226. The largest absolute Gasteiger partial charge is 0.444 e. The Balaban J connectivity index is 2.04. The van der Waals surface area contributed by atoms with Crippen molar-refractivity contribution in [3.05, 3.63) is 0 Å². The van der Waals surface area contributed by atoms with Gasteiger partial charge in [0.15, 0.2) is 0 Å². The molecule has 0 aromatic carbocycles. The zero-order chi connectivity index (χ0) is 20.7. The Hall–Kier alpha value is -0.650. The van der Waals surface area contributed by atoms with E-state index in [0.29, 0.717) is 39.3 Å². The van der Waals surface area contributed by atoms with Crippen molar-refractivity contribution >= 4 is 34.6 Å². The van der Waals surface area contributed by atoms with Gasteiger partial charge in [0.05, 0.1) is 29.3 Å². The molecule has 1 unspecified atom stereocenters. The number of carbonyl (C=O) groups excluding carboxylic acids is 2. The SMILES string of the molecule is COCCOCO[C@H]1CCN(C(=O)OC(C)(C)C)C[C@@H]1N1CCCC(I)C1=O. The van der Waals surface area contributed by atoms with Crippen LogP contribution in [0.5, 0.6) is 0 Å². The Labute approximate surface area is 181 Å². The van der Waals surface area contributed by atoms with E-state index < -0.39 is 5.60 Å². The molecule has 2 aliphatic rings. The third-order valence-electron chi connectivity index (χ3n) is 4.78. The first-order valence-electron chi connectivity index (χ1n) is 9.83. The number of piperidine rings is 2. The molecule has 28 heavy (non-hydrogen) atoms. The Morgan fingerprint density at radius 1 is 1.21 bits per heavy atom. The van der Waals surface area contributed by atoms with Crippen LogP contribution in [0.3, 0.4) is 0 Å². The summed E-state index contributed by atoms with van der Waals surface area (Å²) < 4.78 is 21.9. The highest BCUT2D eigenvalue weighted by atomic mass is 127. The monoisotopic (exact) mass is 512 g/mol. The van der Waals surface area contributed by atoms with Gasteiger partial charge in [0.25, 0.3) is 0 Å². The van der Waals surface area contributed by atoms with E-state index in [2.05, 4.69) is 22.6 Å². The number of alkyl halides is 1. The molecule has 2 rings (SSSR count). The average molecular weight is 512 g/mol. The van der Waals surface area contributed by atoms with E-state index in [9.17, 15) is 9.59 Å². The van der Waals surface area contributed by atoms with E-state index in [1.807, 2.05) is 25.7 Å². The van der Waals surface area contributed by atoms with Crippen LogP contribution in [0, 0.1) is 0 Å². The minimum atomic E-state index is -0.552. The predicted molar refractivity (Wildman–Crippen MR) is 113 cm³/mol. The van der Waals surface area contributed by atoms with Crippen LogP contribution in [0.4, 0.5) is 4.79 Å². The maximum atomic E-state index is 12.8. The standard InChI is InChI=1S/C19H33IN2O6/c1-19(2,3)28-18(24)21-9-7-16(27-13-26-11-10-25-4)15(12-21)22-8-5-6-14(20)17(22)23/h14-16H,5-13H2,1-4H3/t14?,15-,16-/m0/s1. The number of carbonyl (C=O) groups is 2. The lowest BCUT2D eigenvalue weighted by molar-refractivity contribution is -0.154. The molecule has 0 aliphatic carbocycles. The molecule has 0 saturated carbocycles. The highest BCUT2D eigenvalue weighted by molar-refractivity contribution is 14.1. The Morgan fingerprint density at radius 2 is 1.96 bits per heavy atom. The molecule has 2 fully saturated rings. The van der Waals surface area contributed by atoms with Gasteiger partial charge in [-0.05, 0) is 40.0 Å². The maximum Gasteiger partial charge on any atom is 0.410 e. The number of nitrogens with zero attached hydrogens (tertiary/aromatic N) is 2. The average Bonchev–Trinajstić information content (AvgIpc) is 2.62. The fourth-order valence-corrected chi connectivity index (χ4v) is 4.21. The first kappa shape index (κ1) is 23.6. The van der Waals surface area contributed by atoms with Crippen LogP contribution >= 0.6 is 22.6 Å². The van der Waals surface area contributed by atoms with Crippen molar-refractivity contribution in [3.63, 3.8) is 0 Å². The summed E-state index contributed by atoms with van der Waals surface area (Å²) in [5.41, 5.74) is -0.552.